The van der Waals surface area contributed by atoms with E-state index in [2.05, 4.69) is 36.9 Å². The van der Waals surface area contributed by atoms with Crippen LogP contribution in [0.4, 0.5) is 5.69 Å². The summed E-state index contributed by atoms with van der Waals surface area (Å²) in [4.78, 5) is 30.0. The van der Waals surface area contributed by atoms with Crippen molar-refractivity contribution in [2.24, 2.45) is 4.99 Å². The van der Waals surface area contributed by atoms with E-state index in [9.17, 15) is 9.59 Å². The van der Waals surface area contributed by atoms with Crippen LogP contribution in [0.15, 0.2) is 27.7 Å². The van der Waals surface area contributed by atoms with Crippen molar-refractivity contribution >= 4 is 39.4 Å². The summed E-state index contributed by atoms with van der Waals surface area (Å²) in [7, 11) is 0. The first-order chi connectivity index (χ1) is 13.0. The average molecular weight is 438 g/mol. The maximum absolute atomic E-state index is 12.2. The van der Waals surface area contributed by atoms with Crippen LogP contribution in [0.1, 0.15) is 31.7 Å². The monoisotopic (exact) mass is 437 g/mol. The highest BCUT2D eigenvalue weighted by Gasteiger charge is 2.18. The Morgan fingerprint density at radius 2 is 2.15 bits per heavy atom. The molecule has 0 radical (unpaired) electrons. The predicted molar refractivity (Wildman–Crippen MR) is 112 cm³/mol. The number of aryl methyl sites for hydroxylation is 1. The van der Waals surface area contributed by atoms with Crippen LogP contribution < -0.4 is 16.0 Å². The number of likely N-dealkylation sites (tertiary alicyclic amines) is 1. The van der Waals surface area contributed by atoms with E-state index < -0.39 is 0 Å². The van der Waals surface area contributed by atoms with Crippen molar-refractivity contribution in [3.8, 4) is 0 Å². The van der Waals surface area contributed by atoms with Crippen molar-refractivity contribution in [1.82, 2.24) is 15.5 Å². The first kappa shape index (κ1) is 21.2. The summed E-state index contributed by atoms with van der Waals surface area (Å²) in [6.07, 6.45) is 2.48. The number of nitrogens with one attached hydrogen (secondary N) is 3. The van der Waals surface area contributed by atoms with E-state index in [0.717, 1.165) is 41.7 Å². The molecule has 0 spiro atoms. The van der Waals surface area contributed by atoms with Gasteiger partial charge in [-0.3, -0.25) is 9.59 Å². The van der Waals surface area contributed by atoms with Crippen LogP contribution in [0.2, 0.25) is 0 Å². The summed E-state index contributed by atoms with van der Waals surface area (Å²) in [5.41, 5.74) is 1.77. The third-order valence-electron chi connectivity index (χ3n) is 4.27. The fourth-order valence-electron chi connectivity index (χ4n) is 2.83. The maximum atomic E-state index is 12.2. The minimum atomic E-state index is -0.170. The molecular formula is C19H28BrN5O2. The van der Waals surface area contributed by atoms with Gasteiger partial charge < -0.3 is 20.9 Å². The fourth-order valence-corrected chi connectivity index (χ4v) is 3.19. The van der Waals surface area contributed by atoms with Crippen LogP contribution in [0.5, 0.6) is 0 Å². The third kappa shape index (κ3) is 7.21. The van der Waals surface area contributed by atoms with Gasteiger partial charge in [-0.15, -0.1) is 0 Å². The molecule has 1 aromatic rings. The van der Waals surface area contributed by atoms with Gasteiger partial charge in [-0.1, -0.05) is 22.0 Å². The Bertz CT molecular complexity index is 693. The highest BCUT2D eigenvalue weighted by atomic mass is 79.9. The minimum absolute atomic E-state index is 0.0336. The summed E-state index contributed by atoms with van der Waals surface area (Å²) in [5, 5.41) is 9.22. The number of aliphatic imine (C=N–C) groups is 1. The Labute approximate surface area is 169 Å². The fraction of sp³-hybridized carbons (Fsp3) is 0.526. The molecule has 2 amide bonds. The summed E-state index contributed by atoms with van der Waals surface area (Å²) in [6, 6.07) is 5.76. The molecule has 0 aliphatic carbocycles. The minimum Gasteiger partial charge on any atom is -0.357 e. The number of amides is 2. The van der Waals surface area contributed by atoms with Gasteiger partial charge in [0.2, 0.25) is 11.8 Å². The molecule has 1 heterocycles. The van der Waals surface area contributed by atoms with Crippen LogP contribution in [0.3, 0.4) is 0 Å². The topological polar surface area (TPSA) is 85.8 Å². The van der Waals surface area contributed by atoms with E-state index >= 15 is 0 Å². The van der Waals surface area contributed by atoms with Crippen molar-refractivity contribution in [2.75, 3.05) is 38.0 Å². The van der Waals surface area contributed by atoms with Crippen molar-refractivity contribution < 1.29 is 9.59 Å². The second kappa shape index (κ2) is 10.9. The molecular weight excluding hydrogens is 410 g/mol. The van der Waals surface area contributed by atoms with Crippen molar-refractivity contribution in [3.05, 3.63) is 28.2 Å². The van der Waals surface area contributed by atoms with Gasteiger partial charge in [-0.25, -0.2) is 4.99 Å². The van der Waals surface area contributed by atoms with E-state index in [1.807, 2.05) is 36.9 Å². The number of rotatable bonds is 8. The lowest BCUT2D eigenvalue weighted by Crippen LogP contribution is -2.39. The summed E-state index contributed by atoms with van der Waals surface area (Å²) in [5.74, 6) is 0.678. The average Bonchev–Trinajstić information content (AvgIpc) is 3.04. The number of carbonyl (C=O) groups excluding carboxylic acids is 2. The van der Waals surface area contributed by atoms with Crippen molar-refractivity contribution in [2.45, 2.75) is 33.1 Å². The molecule has 0 bridgehead atoms. The third-order valence-corrected chi connectivity index (χ3v) is 4.76. The van der Waals surface area contributed by atoms with Gasteiger partial charge in [-0.2, -0.15) is 0 Å². The largest absolute Gasteiger partial charge is 0.357 e. The number of guanidine groups is 1. The quantitative estimate of drug-likeness (QED) is 0.330. The van der Waals surface area contributed by atoms with Gasteiger partial charge in [0.1, 0.15) is 6.54 Å². The molecule has 27 heavy (non-hydrogen) atoms. The molecule has 0 saturated carbocycles. The van der Waals surface area contributed by atoms with E-state index in [0.29, 0.717) is 25.5 Å². The van der Waals surface area contributed by atoms with Gasteiger partial charge in [0.15, 0.2) is 5.96 Å². The van der Waals surface area contributed by atoms with Crippen LogP contribution in [-0.4, -0.2) is 55.4 Å². The summed E-state index contributed by atoms with van der Waals surface area (Å²) >= 11 is 3.41. The van der Waals surface area contributed by atoms with Crippen molar-refractivity contribution in [3.63, 3.8) is 0 Å². The first-order valence-corrected chi connectivity index (χ1v) is 10.1. The lowest BCUT2D eigenvalue weighted by molar-refractivity contribution is -0.127. The van der Waals surface area contributed by atoms with Crippen molar-refractivity contribution in [1.29, 1.82) is 0 Å². The maximum Gasteiger partial charge on any atom is 0.246 e. The molecule has 7 nitrogen and oxygen atoms in total. The Balaban J connectivity index is 1.78. The van der Waals surface area contributed by atoms with E-state index in [4.69, 9.17) is 0 Å². The lowest BCUT2D eigenvalue weighted by atomic mass is 10.2. The number of hydrogen-bond acceptors (Lipinski definition) is 3. The molecule has 0 aromatic heterocycles. The molecule has 8 heteroatoms. The van der Waals surface area contributed by atoms with Crippen LogP contribution in [0, 0.1) is 6.92 Å². The van der Waals surface area contributed by atoms with Gasteiger partial charge in [0.05, 0.1) is 0 Å². The van der Waals surface area contributed by atoms with Gasteiger partial charge in [-0.05, 0) is 44.4 Å². The zero-order chi connectivity index (χ0) is 19.6. The first-order valence-electron chi connectivity index (χ1n) is 9.35. The molecule has 3 N–H and O–H groups in total. The Morgan fingerprint density at radius 3 is 2.85 bits per heavy atom. The highest BCUT2D eigenvalue weighted by Crippen LogP contribution is 2.20. The molecule has 0 unspecified atom stereocenters. The molecule has 1 aliphatic rings. The molecule has 1 fully saturated rings. The predicted octanol–water partition coefficient (Wildman–Crippen LogP) is 2.26. The number of nitrogens with zero attached hydrogens (tertiary/aromatic N) is 2. The van der Waals surface area contributed by atoms with Gasteiger partial charge in [0.25, 0.3) is 0 Å². The van der Waals surface area contributed by atoms with Gasteiger partial charge >= 0.3 is 0 Å². The lowest BCUT2D eigenvalue weighted by Gasteiger charge is -2.16. The Kier molecular flexibility index (Phi) is 8.57. The van der Waals surface area contributed by atoms with E-state index in [1.54, 1.807) is 0 Å². The Morgan fingerprint density at radius 1 is 1.33 bits per heavy atom. The normalized spacial score (nSPS) is 14.4. The number of hydrogen-bond donors (Lipinski definition) is 3. The molecule has 0 atom stereocenters. The second-order valence-corrected chi connectivity index (χ2v) is 7.38. The number of halogens is 1. The summed E-state index contributed by atoms with van der Waals surface area (Å²) < 4.78 is 0.915. The van der Waals surface area contributed by atoms with E-state index in [-0.39, 0.29) is 18.4 Å². The van der Waals surface area contributed by atoms with Crippen LogP contribution in [-0.2, 0) is 9.59 Å². The molecule has 1 aromatic carbocycles. The number of benzene rings is 1. The van der Waals surface area contributed by atoms with Crippen LogP contribution >= 0.6 is 15.9 Å². The molecule has 2 rings (SSSR count). The van der Waals surface area contributed by atoms with E-state index in [1.165, 1.54) is 0 Å². The highest BCUT2D eigenvalue weighted by molar-refractivity contribution is 9.10. The zero-order valence-corrected chi connectivity index (χ0v) is 17.6. The summed E-state index contributed by atoms with van der Waals surface area (Å²) in [6.45, 7) is 6.99. The van der Waals surface area contributed by atoms with Crippen LogP contribution in [0.25, 0.3) is 0 Å². The molecule has 1 saturated heterocycles. The second-order valence-electron chi connectivity index (χ2n) is 6.47. The molecule has 148 valence electrons. The molecule has 1 aliphatic heterocycles. The zero-order valence-electron chi connectivity index (χ0n) is 16.0. The SMILES string of the molecule is CCNC(=NCC(=O)Nc1cc(Br)ccc1C)NCCCN1CCCC1=O. The van der Waals surface area contributed by atoms with Gasteiger partial charge in [0, 0.05) is 42.8 Å². The number of anilines is 1. The smallest absolute Gasteiger partial charge is 0.246 e. The number of carbonyl (C=O) groups is 2. The Hall–Kier alpha value is -2.09. The standard InChI is InChI=1S/C19H28BrN5O2/c1-3-21-19(22-9-5-11-25-10-4-6-18(25)27)23-13-17(26)24-16-12-15(20)8-7-14(16)2/h7-8,12H,3-6,9-11,13H2,1-2H3,(H,24,26)(H2,21,22,23).